The van der Waals surface area contributed by atoms with Crippen LogP contribution in [0.4, 0.5) is 11.6 Å². The van der Waals surface area contributed by atoms with Gasteiger partial charge in [-0.1, -0.05) is 0 Å². The number of aromatic nitrogens is 3. The maximum absolute atomic E-state index is 5.76. The molecule has 0 spiro atoms. The molecule has 0 saturated heterocycles. The van der Waals surface area contributed by atoms with Crippen LogP contribution in [0.15, 0.2) is 18.6 Å². The molecule has 2 heterocycles. The fraction of sp³-hybridized carbons (Fsp3) is 0.400. The summed E-state index contributed by atoms with van der Waals surface area (Å²) in [4.78, 5) is 10.8. The molecule has 1 aliphatic carbocycles. The number of fused-ring (bicyclic) bond motifs is 1. The molecule has 0 bridgehead atoms. The van der Waals surface area contributed by atoms with Crippen molar-refractivity contribution in [3.05, 3.63) is 18.6 Å². The van der Waals surface area contributed by atoms with Gasteiger partial charge in [0, 0.05) is 25.5 Å². The molecule has 1 aliphatic rings. The molecule has 2 aromatic rings. The Morgan fingerprint density at radius 3 is 3.07 bits per heavy atom. The summed E-state index contributed by atoms with van der Waals surface area (Å²) in [5, 5.41) is 0. The van der Waals surface area contributed by atoms with Crippen molar-refractivity contribution in [1.29, 1.82) is 0 Å². The van der Waals surface area contributed by atoms with Gasteiger partial charge in [0.25, 0.3) is 0 Å². The van der Waals surface area contributed by atoms with Crippen LogP contribution in [-0.2, 0) is 0 Å². The second kappa shape index (κ2) is 2.85. The van der Waals surface area contributed by atoms with E-state index in [1.807, 2.05) is 17.6 Å². The summed E-state index contributed by atoms with van der Waals surface area (Å²) < 4.78 is 1.91. The molecule has 5 heteroatoms. The van der Waals surface area contributed by atoms with Crippen molar-refractivity contribution >= 4 is 17.3 Å². The van der Waals surface area contributed by atoms with Gasteiger partial charge in [-0.15, -0.1) is 0 Å². The maximum Gasteiger partial charge on any atom is 0.180 e. The van der Waals surface area contributed by atoms with E-state index in [1.54, 1.807) is 12.4 Å². The zero-order chi connectivity index (χ0) is 10.4. The van der Waals surface area contributed by atoms with Gasteiger partial charge in [0.1, 0.15) is 5.82 Å². The first-order chi connectivity index (χ1) is 7.25. The standard InChI is InChI=1S/C10H13N5/c1-14(7-2-3-7)10-9-12-4-5-15(9)6-8(11)13-10/h4-7H,2-3,11H2,1H3. The van der Waals surface area contributed by atoms with Gasteiger partial charge in [0.05, 0.1) is 6.20 Å². The highest BCUT2D eigenvalue weighted by Gasteiger charge is 2.28. The number of nitrogens with two attached hydrogens (primary N) is 1. The predicted molar refractivity (Wildman–Crippen MR) is 58.8 cm³/mol. The number of hydrogen-bond acceptors (Lipinski definition) is 4. The van der Waals surface area contributed by atoms with Gasteiger partial charge in [0.15, 0.2) is 11.5 Å². The van der Waals surface area contributed by atoms with E-state index in [4.69, 9.17) is 5.73 Å². The maximum atomic E-state index is 5.76. The van der Waals surface area contributed by atoms with Crippen LogP contribution in [0.5, 0.6) is 0 Å². The van der Waals surface area contributed by atoms with Gasteiger partial charge >= 0.3 is 0 Å². The molecule has 0 atom stereocenters. The summed E-state index contributed by atoms with van der Waals surface area (Å²) in [7, 11) is 2.05. The van der Waals surface area contributed by atoms with Crippen molar-refractivity contribution in [1.82, 2.24) is 14.4 Å². The average molecular weight is 203 g/mol. The van der Waals surface area contributed by atoms with Crippen LogP contribution in [0.25, 0.3) is 5.65 Å². The molecule has 5 nitrogen and oxygen atoms in total. The first-order valence-electron chi connectivity index (χ1n) is 5.08. The minimum absolute atomic E-state index is 0.531. The summed E-state index contributed by atoms with van der Waals surface area (Å²) in [6, 6.07) is 0.611. The number of nitrogens with zero attached hydrogens (tertiary/aromatic N) is 4. The fourth-order valence-corrected chi connectivity index (χ4v) is 1.81. The largest absolute Gasteiger partial charge is 0.382 e. The third-order valence-corrected chi connectivity index (χ3v) is 2.80. The van der Waals surface area contributed by atoms with Crippen molar-refractivity contribution in [2.75, 3.05) is 17.7 Å². The summed E-state index contributed by atoms with van der Waals surface area (Å²) in [5.41, 5.74) is 6.63. The average Bonchev–Trinajstić information content (AvgIpc) is 2.96. The normalized spacial score (nSPS) is 15.8. The van der Waals surface area contributed by atoms with Crippen LogP contribution < -0.4 is 10.6 Å². The van der Waals surface area contributed by atoms with E-state index in [-0.39, 0.29) is 0 Å². The highest BCUT2D eigenvalue weighted by atomic mass is 15.2. The molecule has 0 amide bonds. The van der Waals surface area contributed by atoms with Crippen molar-refractivity contribution in [3.63, 3.8) is 0 Å². The lowest BCUT2D eigenvalue weighted by molar-refractivity contribution is 0.888. The van der Waals surface area contributed by atoms with E-state index in [1.165, 1.54) is 12.8 Å². The lowest BCUT2D eigenvalue weighted by Gasteiger charge is -2.18. The molecule has 15 heavy (non-hydrogen) atoms. The molecule has 1 fully saturated rings. The van der Waals surface area contributed by atoms with Crippen LogP contribution in [0, 0.1) is 0 Å². The van der Waals surface area contributed by atoms with E-state index in [0.29, 0.717) is 11.9 Å². The number of hydrogen-bond donors (Lipinski definition) is 1. The first-order valence-corrected chi connectivity index (χ1v) is 5.08. The lowest BCUT2D eigenvalue weighted by Crippen LogP contribution is -2.22. The Hall–Kier alpha value is -1.78. The van der Waals surface area contributed by atoms with E-state index >= 15 is 0 Å². The molecule has 3 rings (SSSR count). The number of rotatable bonds is 2. The van der Waals surface area contributed by atoms with Crippen molar-refractivity contribution < 1.29 is 0 Å². The topological polar surface area (TPSA) is 59.5 Å². The second-order valence-electron chi connectivity index (χ2n) is 3.99. The Morgan fingerprint density at radius 1 is 1.53 bits per heavy atom. The third-order valence-electron chi connectivity index (χ3n) is 2.80. The number of anilines is 2. The molecular weight excluding hydrogens is 190 g/mol. The van der Waals surface area contributed by atoms with Crippen LogP contribution in [0.1, 0.15) is 12.8 Å². The highest BCUT2D eigenvalue weighted by Crippen LogP contribution is 2.31. The van der Waals surface area contributed by atoms with Crippen LogP contribution in [0.3, 0.4) is 0 Å². The summed E-state index contributed by atoms with van der Waals surface area (Å²) >= 11 is 0. The Balaban J connectivity index is 2.18. The molecule has 78 valence electrons. The van der Waals surface area contributed by atoms with Gasteiger partial charge in [-0.05, 0) is 12.8 Å². The SMILES string of the molecule is CN(c1nc(N)cn2ccnc12)C1CC1. The number of imidazole rings is 1. The molecule has 0 unspecified atom stereocenters. The van der Waals surface area contributed by atoms with Crippen molar-refractivity contribution in [3.8, 4) is 0 Å². The van der Waals surface area contributed by atoms with Gasteiger partial charge in [0.2, 0.25) is 0 Å². The monoisotopic (exact) mass is 203 g/mol. The Kier molecular flexibility index (Phi) is 1.62. The lowest BCUT2D eigenvalue weighted by atomic mass is 10.5. The molecular formula is C10H13N5. The van der Waals surface area contributed by atoms with Gasteiger partial charge < -0.3 is 15.0 Å². The van der Waals surface area contributed by atoms with Gasteiger partial charge in [-0.2, -0.15) is 0 Å². The van der Waals surface area contributed by atoms with Crippen molar-refractivity contribution in [2.45, 2.75) is 18.9 Å². The Bertz CT molecular complexity index is 499. The van der Waals surface area contributed by atoms with Gasteiger partial charge in [-0.25, -0.2) is 9.97 Å². The summed E-state index contributed by atoms with van der Waals surface area (Å²) in [5.74, 6) is 1.41. The van der Waals surface area contributed by atoms with Gasteiger partial charge in [-0.3, -0.25) is 0 Å². The van der Waals surface area contributed by atoms with Crippen LogP contribution in [0.2, 0.25) is 0 Å². The van der Waals surface area contributed by atoms with E-state index in [2.05, 4.69) is 14.9 Å². The minimum atomic E-state index is 0.531. The molecule has 2 aromatic heterocycles. The number of nitrogen functional groups attached to an aromatic ring is 1. The molecule has 2 N–H and O–H groups in total. The van der Waals surface area contributed by atoms with E-state index in [9.17, 15) is 0 Å². The molecule has 0 radical (unpaired) electrons. The smallest absolute Gasteiger partial charge is 0.180 e. The van der Waals surface area contributed by atoms with Crippen molar-refractivity contribution in [2.24, 2.45) is 0 Å². The quantitative estimate of drug-likeness (QED) is 0.788. The minimum Gasteiger partial charge on any atom is -0.382 e. The third kappa shape index (κ3) is 1.31. The van der Waals surface area contributed by atoms with Crippen LogP contribution >= 0.6 is 0 Å². The zero-order valence-corrected chi connectivity index (χ0v) is 8.59. The predicted octanol–water partition coefficient (Wildman–Crippen LogP) is 0.910. The second-order valence-corrected chi connectivity index (χ2v) is 3.99. The van der Waals surface area contributed by atoms with E-state index in [0.717, 1.165) is 11.5 Å². The fourth-order valence-electron chi connectivity index (χ4n) is 1.81. The summed E-state index contributed by atoms with van der Waals surface area (Å²) in [6.45, 7) is 0. The first kappa shape index (κ1) is 8.52. The Morgan fingerprint density at radius 2 is 2.33 bits per heavy atom. The Labute approximate surface area is 87.5 Å². The molecule has 0 aliphatic heterocycles. The van der Waals surface area contributed by atoms with Crippen LogP contribution in [-0.4, -0.2) is 27.5 Å². The summed E-state index contributed by atoms with van der Waals surface area (Å²) in [6.07, 6.45) is 7.91. The van der Waals surface area contributed by atoms with E-state index < -0.39 is 0 Å². The molecule has 1 saturated carbocycles. The highest BCUT2D eigenvalue weighted by molar-refractivity contribution is 5.66. The molecule has 0 aromatic carbocycles. The zero-order valence-electron chi connectivity index (χ0n) is 8.59.